The molecule has 1 heterocycles. The van der Waals surface area contributed by atoms with E-state index in [0.717, 1.165) is 5.56 Å². The van der Waals surface area contributed by atoms with Crippen molar-refractivity contribution in [2.75, 3.05) is 7.05 Å². The molecule has 0 fully saturated rings. The van der Waals surface area contributed by atoms with Crippen LogP contribution in [0.15, 0.2) is 47.4 Å². The van der Waals surface area contributed by atoms with Gasteiger partial charge in [0, 0.05) is 18.3 Å². The maximum absolute atomic E-state index is 12.1. The summed E-state index contributed by atoms with van der Waals surface area (Å²) in [6.45, 7) is 0.404. The van der Waals surface area contributed by atoms with Gasteiger partial charge in [0.25, 0.3) is 11.5 Å². The van der Waals surface area contributed by atoms with E-state index in [1.165, 1.54) is 17.7 Å². The van der Waals surface area contributed by atoms with Crippen LogP contribution in [-0.4, -0.2) is 17.5 Å². The molecule has 0 spiro atoms. The fraction of sp³-hybridized carbons (Fsp3) is 0.143. The molecule has 19 heavy (non-hydrogen) atoms. The molecule has 0 bridgehead atoms. The molecule has 0 radical (unpaired) electrons. The van der Waals surface area contributed by atoms with E-state index in [1.54, 1.807) is 24.4 Å². The predicted octanol–water partition coefficient (Wildman–Crippen LogP) is 1.91. The lowest BCUT2D eigenvalue weighted by atomic mass is 10.2. The Bertz CT molecular complexity index is 647. The van der Waals surface area contributed by atoms with Crippen molar-refractivity contribution in [1.29, 1.82) is 0 Å². The number of amides is 1. The number of pyridine rings is 1. The number of nitrogens with zero attached hydrogens (tertiary/aromatic N) is 1. The van der Waals surface area contributed by atoms with Crippen LogP contribution in [0.2, 0.25) is 5.02 Å². The molecule has 1 N–H and O–H groups in total. The number of hydrogen-bond donors (Lipinski definition) is 1. The highest BCUT2D eigenvalue weighted by Crippen LogP contribution is 2.10. The van der Waals surface area contributed by atoms with Crippen LogP contribution < -0.4 is 10.9 Å². The van der Waals surface area contributed by atoms with Crippen LogP contribution in [0.5, 0.6) is 0 Å². The summed E-state index contributed by atoms with van der Waals surface area (Å²) >= 11 is 5.81. The molecule has 98 valence electrons. The lowest BCUT2D eigenvalue weighted by Crippen LogP contribution is -2.31. The predicted molar refractivity (Wildman–Crippen MR) is 74.6 cm³/mol. The van der Waals surface area contributed by atoms with E-state index in [-0.39, 0.29) is 17.0 Å². The highest BCUT2D eigenvalue weighted by Gasteiger charge is 2.10. The molecule has 4 nitrogen and oxygen atoms in total. The van der Waals surface area contributed by atoms with Crippen molar-refractivity contribution in [3.05, 3.63) is 69.1 Å². The Morgan fingerprint density at radius 3 is 2.58 bits per heavy atom. The first kappa shape index (κ1) is 13.4. The van der Waals surface area contributed by atoms with E-state index in [9.17, 15) is 9.59 Å². The van der Waals surface area contributed by atoms with E-state index in [0.29, 0.717) is 11.6 Å². The molecule has 0 saturated carbocycles. The van der Waals surface area contributed by atoms with Gasteiger partial charge in [0.15, 0.2) is 0 Å². The second kappa shape index (κ2) is 5.71. The van der Waals surface area contributed by atoms with Crippen LogP contribution in [0.1, 0.15) is 15.9 Å². The Morgan fingerprint density at radius 1 is 1.26 bits per heavy atom. The fourth-order valence-electron chi connectivity index (χ4n) is 1.76. The van der Waals surface area contributed by atoms with Crippen LogP contribution in [0.25, 0.3) is 0 Å². The Balaban J connectivity index is 2.33. The third-order valence-electron chi connectivity index (χ3n) is 2.76. The number of benzene rings is 1. The molecule has 0 unspecified atom stereocenters. The van der Waals surface area contributed by atoms with Gasteiger partial charge >= 0.3 is 0 Å². The largest absolute Gasteiger partial charge is 0.355 e. The lowest BCUT2D eigenvalue weighted by Gasteiger charge is -2.07. The van der Waals surface area contributed by atoms with E-state index < -0.39 is 0 Å². The molecule has 0 atom stereocenters. The van der Waals surface area contributed by atoms with E-state index in [4.69, 9.17) is 11.6 Å². The van der Waals surface area contributed by atoms with Crippen molar-refractivity contribution in [3.8, 4) is 0 Å². The van der Waals surface area contributed by atoms with Gasteiger partial charge < -0.3 is 9.88 Å². The van der Waals surface area contributed by atoms with Gasteiger partial charge in [0.05, 0.1) is 6.54 Å². The highest BCUT2D eigenvalue weighted by molar-refractivity contribution is 6.30. The number of nitrogens with one attached hydrogen (secondary N) is 1. The minimum absolute atomic E-state index is 0.138. The second-order valence-electron chi connectivity index (χ2n) is 4.06. The van der Waals surface area contributed by atoms with Gasteiger partial charge in [0.2, 0.25) is 0 Å². The van der Waals surface area contributed by atoms with E-state index in [1.807, 2.05) is 12.1 Å². The number of hydrogen-bond acceptors (Lipinski definition) is 2. The molecule has 0 aliphatic rings. The standard InChI is InChI=1S/C14H13ClN2O2/c1-16-13(18)12-3-2-8-17(14(12)19)9-10-4-6-11(15)7-5-10/h2-8H,9H2,1H3,(H,16,18). The molecule has 1 amide bonds. The maximum Gasteiger partial charge on any atom is 0.263 e. The summed E-state index contributed by atoms with van der Waals surface area (Å²) in [5.74, 6) is -0.379. The monoisotopic (exact) mass is 276 g/mol. The number of aromatic nitrogens is 1. The van der Waals surface area contributed by atoms with Gasteiger partial charge in [0.1, 0.15) is 5.56 Å². The summed E-state index contributed by atoms with van der Waals surface area (Å²) in [6, 6.07) is 10.4. The van der Waals surface area contributed by atoms with Gasteiger partial charge in [-0.1, -0.05) is 23.7 Å². The second-order valence-corrected chi connectivity index (χ2v) is 4.50. The summed E-state index contributed by atoms with van der Waals surface area (Å²) in [7, 11) is 1.50. The molecule has 2 rings (SSSR count). The Kier molecular flexibility index (Phi) is 4.02. The molecule has 0 saturated heterocycles. The van der Waals surface area contributed by atoms with E-state index >= 15 is 0 Å². The lowest BCUT2D eigenvalue weighted by molar-refractivity contribution is 0.0961. The van der Waals surface area contributed by atoms with Crippen molar-refractivity contribution >= 4 is 17.5 Å². The quantitative estimate of drug-likeness (QED) is 0.931. The summed E-state index contributed by atoms with van der Waals surface area (Å²) in [5.41, 5.74) is 0.774. The number of halogens is 1. The Labute approximate surface area is 115 Å². The first-order valence-electron chi connectivity index (χ1n) is 5.78. The van der Waals surface area contributed by atoms with Crippen LogP contribution in [0, 0.1) is 0 Å². The van der Waals surface area contributed by atoms with E-state index in [2.05, 4.69) is 5.32 Å². The normalized spacial score (nSPS) is 10.2. The summed E-state index contributed by atoms with van der Waals surface area (Å²) in [5, 5.41) is 3.10. The van der Waals surface area contributed by atoms with Gasteiger partial charge in [-0.25, -0.2) is 0 Å². The highest BCUT2D eigenvalue weighted by atomic mass is 35.5. The Morgan fingerprint density at radius 2 is 1.95 bits per heavy atom. The topological polar surface area (TPSA) is 51.1 Å². The maximum atomic E-state index is 12.1. The molecular formula is C14H13ClN2O2. The van der Waals surface area contributed by atoms with Crippen molar-refractivity contribution in [2.24, 2.45) is 0 Å². The molecule has 0 aliphatic heterocycles. The van der Waals surface area contributed by atoms with Crippen molar-refractivity contribution in [2.45, 2.75) is 6.54 Å². The zero-order chi connectivity index (χ0) is 13.8. The molecular weight excluding hydrogens is 264 g/mol. The summed E-state index contributed by atoms with van der Waals surface area (Å²) in [4.78, 5) is 23.7. The molecule has 1 aromatic heterocycles. The van der Waals surface area contributed by atoms with Gasteiger partial charge in [-0.15, -0.1) is 0 Å². The van der Waals surface area contributed by atoms with Crippen LogP contribution >= 0.6 is 11.6 Å². The molecule has 1 aromatic carbocycles. The van der Waals surface area contributed by atoms with Gasteiger partial charge in [-0.3, -0.25) is 9.59 Å². The smallest absolute Gasteiger partial charge is 0.263 e. The van der Waals surface area contributed by atoms with Crippen LogP contribution in [-0.2, 0) is 6.54 Å². The summed E-state index contributed by atoms with van der Waals surface area (Å²) in [6.07, 6.45) is 1.66. The first-order chi connectivity index (χ1) is 9.11. The number of rotatable bonds is 3. The molecule has 5 heteroatoms. The third-order valence-corrected chi connectivity index (χ3v) is 3.01. The zero-order valence-electron chi connectivity index (χ0n) is 10.4. The zero-order valence-corrected chi connectivity index (χ0v) is 11.1. The minimum Gasteiger partial charge on any atom is -0.355 e. The average molecular weight is 277 g/mol. The van der Waals surface area contributed by atoms with Gasteiger partial charge in [-0.05, 0) is 29.8 Å². The Hall–Kier alpha value is -2.07. The SMILES string of the molecule is CNC(=O)c1cccn(Cc2ccc(Cl)cc2)c1=O. The summed E-state index contributed by atoms with van der Waals surface area (Å²) < 4.78 is 1.49. The molecule has 2 aromatic rings. The minimum atomic E-state index is -0.379. The third kappa shape index (κ3) is 3.03. The van der Waals surface area contributed by atoms with Crippen molar-refractivity contribution < 1.29 is 4.79 Å². The van der Waals surface area contributed by atoms with Crippen LogP contribution in [0.3, 0.4) is 0 Å². The van der Waals surface area contributed by atoms with Crippen molar-refractivity contribution in [1.82, 2.24) is 9.88 Å². The fourth-order valence-corrected chi connectivity index (χ4v) is 1.88. The number of carbonyl (C=O) groups excluding carboxylic acids is 1. The first-order valence-corrected chi connectivity index (χ1v) is 6.15. The van der Waals surface area contributed by atoms with Crippen molar-refractivity contribution in [3.63, 3.8) is 0 Å². The number of carbonyl (C=O) groups is 1. The average Bonchev–Trinajstić information content (AvgIpc) is 2.43. The molecule has 0 aliphatic carbocycles. The van der Waals surface area contributed by atoms with Crippen LogP contribution in [0.4, 0.5) is 0 Å². The van der Waals surface area contributed by atoms with Gasteiger partial charge in [-0.2, -0.15) is 0 Å².